The molecule has 3 rings (SSSR count). The monoisotopic (exact) mass is 543 g/mol. The largest absolute Gasteiger partial charge is 0.504 e. The van der Waals surface area contributed by atoms with E-state index >= 15 is 0 Å². The first kappa shape index (κ1) is 28.8. The van der Waals surface area contributed by atoms with Gasteiger partial charge in [0.25, 0.3) is 17.5 Å². The van der Waals surface area contributed by atoms with Gasteiger partial charge in [0.2, 0.25) is 28.9 Å². The first-order valence-corrected chi connectivity index (χ1v) is 10.2. The lowest BCUT2D eigenvalue weighted by molar-refractivity contribution is -0.429. The van der Waals surface area contributed by atoms with Gasteiger partial charge in [-0.05, 0) is 6.42 Å². The highest BCUT2D eigenvalue weighted by atomic mass is 16.9. The Morgan fingerprint density at radius 3 is 1.89 bits per heavy atom. The lowest BCUT2D eigenvalue weighted by atomic mass is 9.91. The van der Waals surface area contributed by atoms with Crippen LogP contribution in [0.15, 0.2) is 0 Å². The highest BCUT2D eigenvalue weighted by Gasteiger charge is 2.78. The van der Waals surface area contributed by atoms with Crippen LogP contribution in [0.5, 0.6) is 28.7 Å². The molecule has 210 valence electrons. The van der Waals surface area contributed by atoms with Crippen molar-refractivity contribution in [2.75, 3.05) is 6.61 Å². The van der Waals surface area contributed by atoms with E-state index in [1.165, 1.54) is 0 Å². The van der Waals surface area contributed by atoms with Gasteiger partial charge >= 0.3 is 6.16 Å². The van der Waals surface area contributed by atoms with Crippen molar-refractivity contribution in [3.63, 3.8) is 0 Å². The van der Waals surface area contributed by atoms with Crippen LogP contribution in [0.1, 0.15) is 24.3 Å². The molecule has 2 aliphatic rings. The molecule has 2 fully saturated rings. The topological polar surface area (TPSA) is 351 Å². The number of nitrogens with one attached hydrogen (secondary N) is 1. The highest BCUT2D eigenvalue weighted by Crippen LogP contribution is 2.59. The molecule has 16 N–H and O–H groups in total. The third kappa shape index (κ3) is 4.35. The predicted octanol–water partition coefficient (Wildman–Crippen LogP) is -7.19. The fourth-order valence-electron chi connectivity index (χ4n) is 4.33. The minimum atomic E-state index is -4.23. The van der Waals surface area contributed by atoms with Crippen LogP contribution in [0.3, 0.4) is 0 Å². The first-order valence-electron chi connectivity index (χ1n) is 10.2. The van der Waals surface area contributed by atoms with E-state index in [2.05, 4.69) is 4.74 Å². The number of aromatic hydroxyl groups is 3. The molecule has 1 aromatic rings. The Balaban J connectivity index is 2.29. The Kier molecular flexibility index (Phi) is 6.71. The van der Waals surface area contributed by atoms with Crippen LogP contribution in [-0.4, -0.2) is 125 Å². The van der Waals surface area contributed by atoms with Gasteiger partial charge in [-0.25, -0.2) is 0 Å². The maximum Gasteiger partial charge on any atom is 0.453 e. The summed E-state index contributed by atoms with van der Waals surface area (Å²) in [6, 6.07) is 0. The summed E-state index contributed by atoms with van der Waals surface area (Å²) in [4.78, 5) is 11.7. The molecule has 0 radical (unpaired) electrons. The molecule has 1 aromatic carbocycles. The molecule has 19 heteroatoms. The number of benzene rings is 1. The first-order chi connectivity index (χ1) is 16.6. The molecule has 3 atom stereocenters. The number of carbonyl (C=O) groups excluding carboxylic acids is 1. The van der Waals surface area contributed by atoms with Crippen LogP contribution in [0.25, 0.3) is 0 Å². The number of aliphatic hydroxyl groups is 12. The van der Waals surface area contributed by atoms with Gasteiger partial charge in [-0.3, -0.25) is 4.79 Å². The summed E-state index contributed by atoms with van der Waals surface area (Å²) in [6.07, 6.45) is -8.68. The van der Waals surface area contributed by atoms with Crippen molar-refractivity contribution in [2.24, 2.45) is 5.92 Å². The van der Waals surface area contributed by atoms with Crippen LogP contribution in [0.4, 0.5) is 0 Å². The Morgan fingerprint density at radius 2 is 1.43 bits per heavy atom. The molecular weight excluding hydrogens is 518 g/mol. The van der Waals surface area contributed by atoms with Crippen LogP contribution in [-0.2, 0) is 4.79 Å². The molecule has 3 unspecified atom stereocenters. The maximum atomic E-state index is 11.7. The average molecular weight is 543 g/mol. The summed E-state index contributed by atoms with van der Waals surface area (Å²) in [6.45, 7) is -0.971. The summed E-state index contributed by atoms with van der Waals surface area (Å²) in [5.41, 5.74) is -1.11. The van der Waals surface area contributed by atoms with Gasteiger partial charge in [0, 0.05) is 13.0 Å². The number of aliphatic hydroxyl groups excluding tert-OH is 1. The van der Waals surface area contributed by atoms with Gasteiger partial charge in [0.15, 0.2) is 17.6 Å². The zero-order valence-corrected chi connectivity index (χ0v) is 18.3. The van der Waals surface area contributed by atoms with E-state index in [0.29, 0.717) is 0 Å². The standard InChI is InChI=1S/C18H25NO18/c20-2-1-4-13(15(27,28)17(31,32)14(4,25)26)36-11-9(23)7(5-3-6(21)19-16(5,29)30)8(22)10(24)12(11)37-18(33,34)35/h4-5,13,20,22-35H,1-3H2,(H,19,21). The SMILES string of the molecule is O=C1CC(c2c(O)c(O)c(OC(O)(O)O)c(OC3C(CCO)C(O)(O)C(O)(O)C3(O)O)c2O)C(O)(O)N1. The van der Waals surface area contributed by atoms with E-state index in [9.17, 15) is 81.4 Å². The van der Waals surface area contributed by atoms with E-state index in [1.807, 2.05) is 0 Å². The van der Waals surface area contributed by atoms with E-state index in [0.717, 1.165) is 0 Å². The molecular formula is C18H25NO18. The normalized spacial score (nSPS) is 27.7. The number of hydrogen-bond donors (Lipinski definition) is 16. The Bertz CT molecular complexity index is 1080. The van der Waals surface area contributed by atoms with Gasteiger partial charge in [-0.1, -0.05) is 0 Å². The van der Waals surface area contributed by atoms with Crippen molar-refractivity contribution in [3.8, 4) is 28.7 Å². The van der Waals surface area contributed by atoms with Crippen molar-refractivity contribution in [1.29, 1.82) is 0 Å². The number of ether oxygens (including phenoxy) is 2. The molecule has 1 aliphatic carbocycles. The summed E-state index contributed by atoms with van der Waals surface area (Å²) >= 11 is 0. The zero-order valence-electron chi connectivity index (χ0n) is 18.3. The Hall–Kier alpha value is -2.79. The fraction of sp³-hybridized carbons (Fsp3) is 0.611. The Labute approximate surface area is 204 Å². The zero-order chi connectivity index (χ0) is 28.5. The summed E-state index contributed by atoms with van der Waals surface area (Å²) < 4.78 is 9.26. The van der Waals surface area contributed by atoms with E-state index in [1.54, 1.807) is 5.32 Å². The lowest BCUT2D eigenvalue weighted by Crippen LogP contribution is -2.64. The molecule has 1 saturated heterocycles. The number of hydrogen-bond acceptors (Lipinski definition) is 18. The number of rotatable bonds is 7. The van der Waals surface area contributed by atoms with Crippen molar-refractivity contribution >= 4 is 5.91 Å². The van der Waals surface area contributed by atoms with E-state index < -0.39 is 107 Å². The van der Waals surface area contributed by atoms with Crippen molar-refractivity contribution in [2.45, 2.75) is 54.3 Å². The van der Waals surface area contributed by atoms with E-state index in [4.69, 9.17) is 4.74 Å². The third-order valence-corrected chi connectivity index (χ3v) is 6.15. The van der Waals surface area contributed by atoms with Gasteiger partial charge in [0.1, 0.15) is 0 Å². The molecule has 1 aliphatic heterocycles. The molecule has 1 amide bonds. The van der Waals surface area contributed by atoms with Gasteiger partial charge < -0.3 is 91.4 Å². The van der Waals surface area contributed by atoms with Crippen LogP contribution in [0, 0.1) is 5.92 Å². The number of amides is 1. The van der Waals surface area contributed by atoms with Crippen LogP contribution < -0.4 is 14.8 Å². The molecule has 0 spiro atoms. The second-order valence-electron chi connectivity index (χ2n) is 8.61. The Morgan fingerprint density at radius 1 is 0.865 bits per heavy atom. The van der Waals surface area contributed by atoms with Gasteiger partial charge in [0.05, 0.1) is 17.4 Å². The highest BCUT2D eigenvalue weighted by molar-refractivity contribution is 5.82. The maximum absolute atomic E-state index is 11.7. The number of phenols is 3. The minimum absolute atomic E-state index is 0.871. The van der Waals surface area contributed by atoms with Crippen molar-refractivity contribution in [3.05, 3.63) is 5.56 Å². The van der Waals surface area contributed by atoms with Crippen molar-refractivity contribution in [1.82, 2.24) is 5.32 Å². The average Bonchev–Trinajstić information content (AvgIpc) is 3.04. The molecule has 0 aromatic heterocycles. The number of phenolic OH excluding ortho intramolecular Hbond substituents is 3. The van der Waals surface area contributed by atoms with Crippen LogP contribution in [0.2, 0.25) is 0 Å². The smallest absolute Gasteiger partial charge is 0.453 e. The minimum Gasteiger partial charge on any atom is -0.504 e. The summed E-state index contributed by atoms with van der Waals surface area (Å²) in [5.74, 6) is -28.6. The number of carbonyl (C=O) groups is 1. The van der Waals surface area contributed by atoms with Gasteiger partial charge in [-0.2, -0.15) is 0 Å². The second-order valence-corrected chi connectivity index (χ2v) is 8.61. The van der Waals surface area contributed by atoms with E-state index in [-0.39, 0.29) is 0 Å². The fourth-order valence-corrected chi connectivity index (χ4v) is 4.33. The molecule has 0 bridgehead atoms. The quantitative estimate of drug-likeness (QED) is 0.0862. The summed E-state index contributed by atoms with van der Waals surface area (Å²) in [5, 5.41) is 151. The molecule has 1 saturated carbocycles. The van der Waals surface area contributed by atoms with Gasteiger partial charge in [-0.15, -0.1) is 0 Å². The van der Waals surface area contributed by atoms with Crippen LogP contribution >= 0.6 is 0 Å². The molecule has 37 heavy (non-hydrogen) atoms. The summed E-state index contributed by atoms with van der Waals surface area (Å²) in [7, 11) is 0. The second kappa shape index (κ2) is 8.62. The third-order valence-electron chi connectivity index (χ3n) is 6.15. The lowest BCUT2D eigenvalue weighted by Gasteiger charge is -2.35. The van der Waals surface area contributed by atoms with Crippen molar-refractivity contribution < 1.29 is 90.9 Å². The predicted molar refractivity (Wildman–Crippen MR) is 105 cm³/mol. The molecule has 1 heterocycles. The molecule has 19 nitrogen and oxygen atoms in total.